The third-order valence-corrected chi connectivity index (χ3v) is 3.48. The van der Waals surface area contributed by atoms with E-state index in [9.17, 15) is 9.59 Å². The molecule has 96 valence electrons. The van der Waals surface area contributed by atoms with E-state index >= 15 is 0 Å². The molecular weight excluding hydrogens is 242 g/mol. The summed E-state index contributed by atoms with van der Waals surface area (Å²) in [5, 5.41) is 2.79. The molecule has 5 nitrogen and oxygen atoms in total. The zero-order chi connectivity index (χ0) is 13.6. The molecule has 1 aliphatic heterocycles. The number of benzene rings is 1. The fraction of sp³-hybridized carbons (Fsp3) is 0.214. The molecule has 0 atom stereocenters. The van der Waals surface area contributed by atoms with Gasteiger partial charge in [-0.25, -0.2) is 4.98 Å². The maximum atomic E-state index is 11.3. The van der Waals surface area contributed by atoms with E-state index < -0.39 is 0 Å². The molecule has 2 aromatic rings. The van der Waals surface area contributed by atoms with Crippen molar-refractivity contribution in [3.8, 4) is 11.3 Å². The molecule has 0 spiro atoms. The Labute approximate surface area is 110 Å². The summed E-state index contributed by atoms with van der Waals surface area (Å²) in [6.07, 6.45) is 1.19. The lowest BCUT2D eigenvalue weighted by atomic mass is 10.0. The Bertz CT molecular complexity index is 701. The number of imidazole rings is 1. The highest BCUT2D eigenvalue weighted by molar-refractivity contribution is 6.00. The van der Waals surface area contributed by atoms with Crippen LogP contribution in [0.3, 0.4) is 0 Å². The first-order valence-electron chi connectivity index (χ1n) is 6.02. The van der Waals surface area contributed by atoms with Gasteiger partial charge in [-0.1, -0.05) is 6.07 Å². The highest BCUT2D eigenvalue weighted by Gasteiger charge is 2.20. The Morgan fingerprint density at radius 1 is 1.42 bits per heavy atom. The number of hydrogen-bond donors (Lipinski definition) is 1. The third kappa shape index (κ3) is 1.74. The monoisotopic (exact) mass is 255 g/mol. The lowest BCUT2D eigenvalue weighted by molar-refractivity contribution is -0.115. The van der Waals surface area contributed by atoms with Crippen LogP contribution < -0.4 is 5.32 Å². The first-order chi connectivity index (χ1) is 9.10. The minimum atomic E-state index is -0.0000350. The number of amides is 1. The van der Waals surface area contributed by atoms with Crippen molar-refractivity contribution in [3.05, 3.63) is 35.3 Å². The number of anilines is 1. The van der Waals surface area contributed by atoms with Gasteiger partial charge >= 0.3 is 0 Å². The maximum absolute atomic E-state index is 11.3. The van der Waals surface area contributed by atoms with Gasteiger partial charge in [0.15, 0.2) is 6.29 Å². The number of aromatic nitrogens is 2. The zero-order valence-corrected chi connectivity index (χ0v) is 10.7. The highest BCUT2D eigenvalue weighted by Crippen LogP contribution is 2.30. The van der Waals surface area contributed by atoms with E-state index in [1.807, 2.05) is 32.2 Å². The van der Waals surface area contributed by atoms with Crippen molar-refractivity contribution >= 4 is 17.9 Å². The van der Waals surface area contributed by atoms with Gasteiger partial charge in [-0.05, 0) is 24.6 Å². The Hall–Kier alpha value is -2.43. The summed E-state index contributed by atoms with van der Waals surface area (Å²) in [5.41, 5.74) is 3.87. The Kier molecular flexibility index (Phi) is 2.48. The van der Waals surface area contributed by atoms with Crippen molar-refractivity contribution in [1.82, 2.24) is 9.55 Å². The fourth-order valence-corrected chi connectivity index (χ4v) is 2.35. The van der Waals surface area contributed by atoms with E-state index in [-0.39, 0.29) is 5.91 Å². The summed E-state index contributed by atoms with van der Waals surface area (Å²) in [4.78, 5) is 27.0. The number of aryl methyl sites for hydroxylation is 1. The van der Waals surface area contributed by atoms with E-state index in [2.05, 4.69) is 10.3 Å². The number of rotatable bonds is 2. The number of fused-ring (bicyclic) bond motifs is 1. The molecule has 1 N–H and O–H groups in total. The standard InChI is InChI=1S/C14H13N3O2/c1-8-15-14(12(7-18)17(8)2)9-3-4-11-10(5-9)6-13(19)16-11/h3-5,7H,6H2,1-2H3,(H,16,19). The Morgan fingerprint density at radius 2 is 2.21 bits per heavy atom. The van der Waals surface area contributed by atoms with Crippen LogP contribution in [0.2, 0.25) is 0 Å². The number of carbonyl (C=O) groups excluding carboxylic acids is 2. The molecule has 0 saturated carbocycles. The summed E-state index contributed by atoms with van der Waals surface area (Å²) < 4.78 is 1.76. The largest absolute Gasteiger partial charge is 0.329 e. The molecule has 0 bridgehead atoms. The van der Waals surface area contributed by atoms with Gasteiger partial charge in [0.05, 0.1) is 12.1 Å². The van der Waals surface area contributed by atoms with Gasteiger partial charge in [0, 0.05) is 18.3 Å². The van der Waals surface area contributed by atoms with Crippen LogP contribution in [-0.4, -0.2) is 21.7 Å². The maximum Gasteiger partial charge on any atom is 0.228 e. The van der Waals surface area contributed by atoms with Crippen LogP contribution in [0.4, 0.5) is 5.69 Å². The van der Waals surface area contributed by atoms with Gasteiger partial charge in [0.2, 0.25) is 5.91 Å². The molecule has 0 aliphatic carbocycles. The normalized spacial score (nSPS) is 13.3. The fourth-order valence-electron chi connectivity index (χ4n) is 2.35. The summed E-state index contributed by atoms with van der Waals surface area (Å²) in [6, 6.07) is 5.65. The summed E-state index contributed by atoms with van der Waals surface area (Å²) in [7, 11) is 1.81. The van der Waals surface area contributed by atoms with Gasteiger partial charge in [-0.3, -0.25) is 9.59 Å². The van der Waals surface area contributed by atoms with Crippen molar-refractivity contribution in [1.29, 1.82) is 0 Å². The summed E-state index contributed by atoms with van der Waals surface area (Å²) in [5.74, 6) is 0.784. The van der Waals surface area contributed by atoms with Crippen LogP contribution in [0, 0.1) is 6.92 Å². The molecule has 2 heterocycles. The first kappa shape index (κ1) is 11.6. The van der Waals surface area contributed by atoms with Crippen LogP contribution >= 0.6 is 0 Å². The second-order valence-electron chi connectivity index (χ2n) is 4.67. The van der Waals surface area contributed by atoms with Crippen LogP contribution in [0.25, 0.3) is 11.3 Å². The van der Waals surface area contributed by atoms with Gasteiger partial charge < -0.3 is 9.88 Å². The Balaban J connectivity index is 2.14. The van der Waals surface area contributed by atoms with Gasteiger partial charge in [0.1, 0.15) is 11.5 Å². The van der Waals surface area contributed by atoms with Crippen molar-refractivity contribution in [3.63, 3.8) is 0 Å². The molecule has 0 radical (unpaired) electrons. The molecule has 1 aliphatic rings. The van der Waals surface area contributed by atoms with E-state index in [1.54, 1.807) is 4.57 Å². The second-order valence-corrected chi connectivity index (χ2v) is 4.67. The minimum Gasteiger partial charge on any atom is -0.329 e. The van der Waals surface area contributed by atoms with E-state index in [0.717, 1.165) is 28.9 Å². The molecule has 1 amide bonds. The van der Waals surface area contributed by atoms with Crippen molar-refractivity contribution in [2.24, 2.45) is 7.05 Å². The number of nitrogens with zero attached hydrogens (tertiary/aromatic N) is 2. The van der Waals surface area contributed by atoms with E-state index in [1.165, 1.54) is 0 Å². The van der Waals surface area contributed by atoms with Crippen molar-refractivity contribution in [2.75, 3.05) is 5.32 Å². The molecular formula is C14H13N3O2. The third-order valence-electron chi connectivity index (χ3n) is 3.48. The lowest BCUT2D eigenvalue weighted by Crippen LogP contribution is -2.03. The Morgan fingerprint density at radius 3 is 2.95 bits per heavy atom. The van der Waals surface area contributed by atoms with Gasteiger partial charge in [-0.15, -0.1) is 0 Å². The van der Waals surface area contributed by atoms with Gasteiger partial charge in [-0.2, -0.15) is 0 Å². The SMILES string of the molecule is Cc1nc(-c2ccc3c(c2)CC(=O)N3)c(C=O)n1C. The number of aldehydes is 1. The predicted octanol–water partition coefficient (Wildman–Crippen LogP) is 1.70. The minimum absolute atomic E-state index is 0.0000350. The number of carbonyl (C=O) groups is 2. The second kappa shape index (κ2) is 4.05. The molecule has 0 unspecified atom stereocenters. The quantitative estimate of drug-likeness (QED) is 0.831. The average molecular weight is 255 g/mol. The summed E-state index contributed by atoms with van der Waals surface area (Å²) in [6.45, 7) is 1.86. The van der Waals surface area contributed by atoms with Crippen LogP contribution in [0.15, 0.2) is 18.2 Å². The molecule has 5 heteroatoms. The lowest BCUT2D eigenvalue weighted by Gasteiger charge is -2.03. The highest BCUT2D eigenvalue weighted by atomic mass is 16.1. The number of hydrogen-bond acceptors (Lipinski definition) is 3. The average Bonchev–Trinajstić information content (AvgIpc) is 2.89. The summed E-state index contributed by atoms with van der Waals surface area (Å²) >= 11 is 0. The molecule has 19 heavy (non-hydrogen) atoms. The van der Waals surface area contributed by atoms with Crippen molar-refractivity contribution < 1.29 is 9.59 Å². The van der Waals surface area contributed by atoms with Crippen LogP contribution in [0.1, 0.15) is 21.9 Å². The predicted molar refractivity (Wildman–Crippen MR) is 71.1 cm³/mol. The van der Waals surface area contributed by atoms with E-state index in [4.69, 9.17) is 0 Å². The smallest absolute Gasteiger partial charge is 0.228 e. The molecule has 3 rings (SSSR count). The van der Waals surface area contributed by atoms with Crippen LogP contribution in [0.5, 0.6) is 0 Å². The molecule has 0 saturated heterocycles. The topological polar surface area (TPSA) is 64.0 Å². The zero-order valence-electron chi connectivity index (χ0n) is 10.7. The molecule has 1 aromatic carbocycles. The van der Waals surface area contributed by atoms with Gasteiger partial charge in [0.25, 0.3) is 0 Å². The van der Waals surface area contributed by atoms with Crippen LogP contribution in [-0.2, 0) is 18.3 Å². The molecule has 0 fully saturated rings. The van der Waals surface area contributed by atoms with E-state index in [0.29, 0.717) is 17.8 Å². The van der Waals surface area contributed by atoms with Crippen molar-refractivity contribution in [2.45, 2.75) is 13.3 Å². The first-order valence-corrected chi connectivity index (χ1v) is 6.02. The number of nitrogens with one attached hydrogen (secondary N) is 1. The molecule has 1 aromatic heterocycles.